The summed E-state index contributed by atoms with van der Waals surface area (Å²) in [4.78, 5) is 26.3. The maximum Gasteiger partial charge on any atom is 0.323 e. The summed E-state index contributed by atoms with van der Waals surface area (Å²) in [5.74, 6) is 1.50. The highest BCUT2D eigenvalue weighted by atomic mass is 16.5. The summed E-state index contributed by atoms with van der Waals surface area (Å²) in [6.07, 6.45) is 5.52. The minimum Gasteiger partial charge on any atom is -0.463 e. The summed E-state index contributed by atoms with van der Waals surface area (Å²) in [6.45, 7) is 2.84. The van der Waals surface area contributed by atoms with Crippen LogP contribution >= 0.6 is 0 Å². The first-order valence-electron chi connectivity index (χ1n) is 11.4. The van der Waals surface area contributed by atoms with Crippen LogP contribution in [0.2, 0.25) is 0 Å². The molecule has 1 aliphatic carbocycles. The lowest BCUT2D eigenvalue weighted by Gasteiger charge is -2.42. The smallest absolute Gasteiger partial charge is 0.323 e. The first-order chi connectivity index (χ1) is 14.8. The zero-order valence-corrected chi connectivity index (χ0v) is 18.2. The second kappa shape index (κ2) is 10.8. The molecule has 2 fully saturated rings. The predicted molar refractivity (Wildman–Crippen MR) is 110 cm³/mol. The van der Waals surface area contributed by atoms with Gasteiger partial charge in [-0.05, 0) is 64.0 Å². The fourth-order valence-electron chi connectivity index (χ4n) is 4.50. The Kier molecular flexibility index (Phi) is 7.63. The Labute approximate surface area is 179 Å². The van der Waals surface area contributed by atoms with Gasteiger partial charge < -0.3 is 20.3 Å². The quantitative estimate of drug-likeness (QED) is 0.480. The number of ether oxygens (including phenoxy) is 1. The van der Waals surface area contributed by atoms with Gasteiger partial charge in [-0.2, -0.15) is 5.21 Å². The Morgan fingerprint density at radius 3 is 2.93 bits per heavy atom. The van der Waals surface area contributed by atoms with Gasteiger partial charge in [-0.1, -0.05) is 11.6 Å². The van der Waals surface area contributed by atoms with E-state index in [1.165, 1.54) is 4.90 Å². The fraction of sp³-hybridized carbons (Fsp3) is 0.850. The predicted octanol–water partition coefficient (Wildman–Crippen LogP) is 0.136. The number of aromatic amines is 1. The molecule has 1 saturated heterocycles. The van der Waals surface area contributed by atoms with Crippen LogP contribution in [0.4, 0.5) is 0 Å². The van der Waals surface area contributed by atoms with E-state index in [-0.39, 0.29) is 18.6 Å². The molecule has 0 bridgehead atoms. The molecule has 1 aromatic heterocycles. The standard InChI is InChI=1S/C20H35N7O3/c1-13(21-2)19(28)27(3)8-9-30-20(29)17-11-16-10-14(4-6-15(16)12-22-17)5-7-18-23-25-26-24-18/h13-17,21-22H,4-12H2,1-3H3,(H,23,24,25,26)/t13-,14-,15+,16-,17+/m1/s1/i17D. The number of carbonyl (C=O) groups is 2. The summed E-state index contributed by atoms with van der Waals surface area (Å²) >= 11 is 0. The van der Waals surface area contributed by atoms with Crippen molar-refractivity contribution in [1.82, 2.24) is 36.2 Å². The highest BCUT2D eigenvalue weighted by Crippen LogP contribution is 2.40. The molecule has 0 radical (unpaired) electrons. The number of fused-ring (bicyclic) bond motifs is 1. The maximum absolute atomic E-state index is 12.7. The van der Waals surface area contributed by atoms with Crippen LogP contribution in [0.1, 0.15) is 46.2 Å². The van der Waals surface area contributed by atoms with Gasteiger partial charge in [0.15, 0.2) is 5.82 Å². The van der Waals surface area contributed by atoms with Gasteiger partial charge in [-0.25, -0.2) is 0 Å². The Bertz CT molecular complexity index is 734. The zero-order chi connectivity index (χ0) is 22.4. The lowest BCUT2D eigenvalue weighted by molar-refractivity contribution is -0.149. The molecule has 0 spiro atoms. The van der Waals surface area contributed by atoms with Crippen LogP contribution in [0.15, 0.2) is 0 Å². The molecule has 0 unspecified atom stereocenters. The molecule has 30 heavy (non-hydrogen) atoms. The van der Waals surface area contributed by atoms with E-state index in [1.54, 1.807) is 21.0 Å². The summed E-state index contributed by atoms with van der Waals surface area (Å²) in [7, 11) is 3.41. The van der Waals surface area contributed by atoms with Gasteiger partial charge in [0.05, 0.1) is 14.0 Å². The largest absolute Gasteiger partial charge is 0.463 e. The molecule has 1 aliphatic heterocycles. The molecular formula is C20H35N7O3. The van der Waals surface area contributed by atoms with Crippen molar-refractivity contribution in [2.75, 3.05) is 33.8 Å². The third kappa shape index (κ3) is 5.98. The van der Waals surface area contributed by atoms with E-state index in [4.69, 9.17) is 6.11 Å². The average Bonchev–Trinajstić information content (AvgIpc) is 3.29. The molecule has 0 aromatic carbocycles. The van der Waals surface area contributed by atoms with Gasteiger partial charge in [0.1, 0.15) is 12.6 Å². The highest BCUT2D eigenvalue weighted by molar-refractivity contribution is 5.81. The van der Waals surface area contributed by atoms with E-state index in [0.717, 1.165) is 37.9 Å². The van der Waals surface area contributed by atoms with E-state index in [1.807, 2.05) is 0 Å². The molecule has 5 atom stereocenters. The van der Waals surface area contributed by atoms with Crippen LogP contribution in [-0.4, -0.2) is 83.3 Å². The van der Waals surface area contributed by atoms with Crippen molar-refractivity contribution in [3.63, 3.8) is 0 Å². The Hall–Kier alpha value is -2.07. The molecule has 1 aromatic rings. The monoisotopic (exact) mass is 422 g/mol. The average molecular weight is 423 g/mol. The number of hydrogen-bond acceptors (Lipinski definition) is 8. The van der Waals surface area contributed by atoms with Crippen LogP contribution in [0.5, 0.6) is 0 Å². The van der Waals surface area contributed by atoms with Crippen molar-refractivity contribution in [2.45, 2.75) is 57.5 Å². The van der Waals surface area contributed by atoms with Gasteiger partial charge in [-0.15, -0.1) is 10.2 Å². The molecule has 2 heterocycles. The van der Waals surface area contributed by atoms with Crippen molar-refractivity contribution in [1.29, 1.82) is 0 Å². The molecule has 1 amide bonds. The van der Waals surface area contributed by atoms with Gasteiger partial charge >= 0.3 is 5.97 Å². The maximum atomic E-state index is 12.7. The number of aryl methyl sites for hydroxylation is 1. The number of esters is 1. The summed E-state index contributed by atoms with van der Waals surface area (Å²) in [5.41, 5.74) is 0. The SMILES string of the molecule is [2H][C@@]1(C(=O)OCCN(C)C(=O)[C@@H](C)NC)C[C@H]2C[C@@H](CCc3nn[nH]n3)CC[C@H]2CN1. The highest BCUT2D eigenvalue weighted by Gasteiger charge is 2.38. The first kappa shape index (κ1) is 21.2. The molecule has 3 N–H and O–H groups in total. The molecule has 1 saturated carbocycles. The first-order valence-corrected chi connectivity index (χ1v) is 10.9. The van der Waals surface area contributed by atoms with Crippen molar-refractivity contribution in [3.05, 3.63) is 5.82 Å². The summed E-state index contributed by atoms with van der Waals surface area (Å²) in [6, 6.07) is -1.71. The van der Waals surface area contributed by atoms with Gasteiger partial charge in [0, 0.05) is 13.5 Å². The van der Waals surface area contributed by atoms with Crippen LogP contribution in [0, 0.1) is 17.8 Å². The number of likely N-dealkylation sites (N-methyl/N-ethyl adjacent to an activating group) is 2. The van der Waals surface area contributed by atoms with Crippen LogP contribution in [0.3, 0.4) is 0 Å². The number of piperidine rings is 1. The Balaban J connectivity index is 1.46. The number of hydrogen-bond donors (Lipinski definition) is 3. The van der Waals surface area contributed by atoms with Crippen LogP contribution in [-0.2, 0) is 20.7 Å². The molecule has 3 rings (SSSR count). The lowest BCUT2D eigenvalue weighted by atomic mass is 9.69. The van der Waals surface area contributed by atoms with Gasteiger partial charge in [0.2, 0.25) is 5.91 Å². The van der Waals surface area contributed by atoms with Crippen molar-refractivity contribution in [2.24, 2.45) is 17.8 Å². The topological polar surface area (TPSA) is 125 Å². The number of H-pyrrole nitrogens is 1. The van der Waals surface area contributed by atoms with E-state index in [0.29, 0.717) is 37.3 Å². The molecule has 10 heteroatoms. The number of nitrogens with one attached hydrogen (secondary N) is 3. The van der Waals surface area contributed by atoms with Crippen molar-refractivity contribution >= 4 is 11.9 Å². The zero-order valence-electron chi connectivity index (χ0n) is 19.2. The number of amides is 1. The summed E-state index contributed by atoms with van der Waals surface area (Å²) in [5, 5.41) is 20.1. The second-order valence-electron chi connectivity index (χ2n) is 8.54. The Morgan fingerprint density at radius 1 is 1.37 bits per heavy atom. The Morgan fingerprint density at radius 2 is 2.20 bits per heavy atom. The van der Waals surface area contributed by atoms with E-state index >= 15 is 0 Å². The molecular weight excluding hydrogens is 386 g/mol. The van der Waals surface area contributed by atoms with E-state index in [9.17, 15) is 9.59 Å². The van der Waals surface area contributed by atoms with Crippen LogP contribution < -0.4 is 10.6 Å². The molecule has 10 nitrogen and oxygen atoms in total. The fourth-order valence-corrected chi connectivity index (χ4v) is 4.50. The second-order valence-corrected chi connectivity index (χ2v) is 8.54. The third-order valence-electron chi connectivity index (χ3n) is 6.54. The van der Waals surface area contributed by atoms with Crippen molar-refractivity contribution in [3.8, 4) is 0 Å². The number of aromatic nitrogens is 4. The summed E-state index contributed by atoms with van der Waals surface area (Å²) < 4.78 is 14.1. The minimum atomic E-state index is -1.42. The van der Waals surface area contributed by atoms with E-state index in [2.05, 4.69) is 31.3 Å². The molecule has 168 valence electrons. The normalized spacial score (nSPS) is 30.1. The minimum absolute atomic E-state index is 0.0631. The van der Waals surface area contributed by atoms with Gasteiger partial charge in [-0.3, -0.25) is 9.59 Å². The number of carbonyl (C=O) groups excluding carboxylic acids is 2. The number of tetrazole rings is 1. The van der Waals surface area contributed by atoms with Crippen molar-refractivity contribution < 1.29 is 15.7 Å². The molecule has 2 aliphatic rings. The van der Waals surface area contributed by atoms with E-state index < -0.39 is 12.0 Å². The third-order valence-corrected chi connectivity index (χ3v) is 6.54. The van der Waals surface area contributed by atoms with Crippen LogP contribution in [0.25, 0.3) is 0 Å². The van der Waals surface area contributed by atoms with Gasteiger partial charge in [0.25, 0.3) is 0 Å². The number of rotatable bonds is 9. The lowest BCUT2D eigenvalue weighted by Crippen LogP contribution is -2.50. The number of nitrogens with zero attached hydrogens (tertiary/aromatic N) is 4.